The molecule has 0 aliphatic rings. The molecular weight excluding hydrogens is 295 g/mol. The first-order valence-electron chi connectivity index (χ1n) is 4.43. The maximum Gasteiger partial charge on any atom is 0.320 e. The molecule has 0 amide bonds. The second-order valence-corrected chi connectivity index (χ2v) is 4.25. The molecule has 2 aromatic rings. The van der Waals surface area contributed by atoms with Crippen molar-refractivity contribution in [2.75, 3.05) is 5.32 Å². The van der Waals surface area contributed by atoms with Crippen LogP contribution in [0.1, 0.15) is 5.89 Å². The Labute approximate surface area is 105 Å². The van der Waals surface area contributed by atoms with Gasteiger partial charge in [0.2, 0.25) is 5.89 Å². The number of anilines is 2. The van der Waals surface area contributed by atoms with Crippen molar-refractivity contribution in [3.05, 3.63) is 33.6 Å². The molecule has 0 saturated carbocycles. The molecule has 1 aromatic carbocycles. The summed E-state index contributed by atoms with van der Waals surface area (Å²) in [4.78, 5) is 0. The summed E-state index contributed by atoms with van der Waals surface area (Å²) in [5, 5.41) is 11.1. The lowest BCUT2D eigenvalue weighted by atomic mass is 10.3. The zero-order valence-corrected chi connectivity index (χ0v) is 10.4. The van der Waals surface area contributed by atoms with Crippen LogP contribution in [-0.4, -0.2) is 10.2 Å². The van der Waals surface area contributed by atoms with Crippen molar-refractivity contribution in [1.29, 1.82) is 0 Å². The molecule has 0 atom stereocenters. The van der Waals surface area contributed by atoms with E-state index in [0.29, 0.717) is 16.9 Å². The molecule has 16 heavy (non-hydrogen) atoms. The Morgan fingerprint density at radius 1 is 1.44 bits per heavy atom. The van der Waals surface area contributed by atoms with Gasteiger partial charge in [-0.3, -0.25) is 0 Å². The molecule has 0 bridgehead atoms. The monoisotopic (exact) mass is 302 g/mol. The summed E-state index contributed by atoms with van der Waals surface area (Å²) in [6.07, 6.45) is 0. The zero-order chi connectivity index (χ0) is 11.5. The van der Waals surface area contributed by atoms with Gasteiger partial charge >= 0.3 is 6.01 Å². The van der Waals surface area contributed by atoms with Gasteiger partial charge in [0.1, 0.15) is 0 Å². The molecule has 0 fully saturated rings. The minimum atomic E-state index is 0.219. The third-order valence-electron chi connectivity index (χ3n) is 1.81. The molecule has 84 valence electrons. The Morgan fingerprint density at radius 2 is 2.25 bits per heavy atom. The van der Waals surface area contributed by atoms with Crippen molar-refractivity contribution >= 4 is 39.2 Å². The summed E-state index contributed by atoms with van der Waals surface area (Å²) in [6.45, 7) is 0.219. The number of halogens is 2. The Kier molecular flexibility index (Phi) is 3.42. The van der Waals surface area contributed by atoms with Gasteiger partial charge in [0.15, 0.2) is 0 Å². The van der Waals surface area contributed by atoms with Gasteiger partial charge in [0.05, 0.1) is 12.2 Å². The molecule has 0 aliphatic carbocycles. The van der Waals surface area contributed by atoms with Gasteiger partial charge in [-0.15, -0.1) is 5.10 Å². The maximum absolute atomic E-state index is 5.82. The van der Waals surface area contributed by atoms with Gasteiger partial charge < -0.3 is 15.5 Å². The van der Waals surface area contributed by atoms with E-state index in [9.17, 15) is 0 Å². The second kappa shape index (κ2) is 4.82. The molecule has 0 saturated heterocycles. The van der Waals surface area contributed by atoms with Crippen LogP contribution in [0.5, 0.6) is 0 Å². The number of aromatic nitrogens is 2. The van der Waals surface area contributed by atoms with Gasteiger partial charge in [-0.2, -0.15) is 0 Å². The van der Waals surface area contributed by atoms with Crippen LogP contribution in [0.15, 0.2) is 27.1 Å². The number of benzene rings is 1. The SMILES string of the molecule is NCc1nnc(Nc2ccc(Cl)cc2Br)o1. The van der Waals surface area contributed by atoms with Crippen molar-refractivity contribution in [1.82, 2.24) is 10.2 Å². The van der Waals surface area contributed by atoms with E-state index in [4.69, 9.17) is 21.8 Å². The van der Waals surface area contributed by atoms with Gasteiger partial charge in [-0.1, -0.05) is 16.7 Å². The molecule has 1 aromatic heterocycles. The van der Waals surface area contributed by atoms with E-state index in [1.165, 1.54) is 0 Å². The molecule has 5 nitrogen and oxygen atoms in total. The predicted molar refractivity (Wildman–Crippen MR) is 64.6 cm³/mol. The van der Waals surface area contributed by atoms with Crippen LogP contribution in [-0.2, 0) is 6.54 Å². The molecule has 7 heteroatoms. The zero-order valence-electron chi connectivity index (χ0n) is 8.08. The normalized spacial score (nSPS) is 10.4. The molecule has 0 spiro atoms. The van der Waals surface area contributed by atoms with E-state index in [1.807, 2.05) is 0 Å². The summed E-state index contributed by atoms with van der Waals surface area (Å²) in [5.41, 5.74) is 6.14. The Morgan fingerprint density at radius 3 is 2.88 bits per heavy atom. The number of rotatable bonds is 3. The third-order valence-corrected chi connectivity index (χ3v) is 2.71. The van der Waals surface area contributed by atoms with E-state index < -0.39 is 0 Å². The number of hydrogen-bond acceptors (Lipinski definition) is 5. The fourth-order valence-corrected chi connectivity index (χ4v) is 1.87. The predicted octanol–water partition coefficient (Wildman–Crippen LogP) is 2.69. The van der Waals surface area contributed by atoms with Crippen LogP contribution in [0.3, 0.4) is 0 Å². The highest BCUT2D eigenvalue weighted by Gasteiger charge is 2.06. The van der Waals surface area contributed by atoms with Crippen LogP contribution >= 0.6 is 27.5 Å². The summed E-state index contributed by atoms with van der Waals surface area (Å²) in [7, 11) is 0. The van der Waals surface area contributed by atoms with Crippen LogP contribution in [0.25, 0.3) is 0 Å². The average Bonchev–Trinajstić information content (AvgIpc) is 2.70. The van der Waals surface area contributed by atoms with Crippen molar-refractivity contribution in [2.45, 2.75) is 6.54 Å². The fourth-order valence-electron chi connectivity index (χ4n) is 1.09. The molecule has 1 heterocycles. The maximum atomic E-state index is 5.82. The van der Waals surface area contributed by atoms with Crippen LogP contribution in [0, 0.1) is 0 Å². The molecule has 0 aliphatic heterocycles. The highest BCUT2D eigenvalue weighted by molar-refractivity contribution is 9.10. The third kappa shape index (κ3) is 2.52. The minimum absolute atomic E-state index is 0.219. The van der Waals surface area contributed by atoms with Gasteiger partial charge in [-0.05, 0) is 34.1 Å². The second-order valence-electron chi connectivity index (χ2n) is 2.95. The largest absolute Gasteiger partial charge is 0.406 e. The molecular formula is C9H8BrClN4O. The minimum Gasteiger partial charge on any atom is -0.406 e. The van der Waals surface area contributed by atoms with Crippen molar-refractivity contribution < 1.29 is 4.42 Å². The van der Waals surface area contributed by atoms with Gasteiger partial charge in [0.25, 0.3) is 0 Å². The van der Waals surface area contributed by atoms with E-state index >= 15 is 0 Å². The smallest absolute Gasteiger partial charge is 0.320 e. The first-order chi connectivity index (χ1) is 7.69. The van der Waals surface area contributed by atoms with Crippen molar-refractivity contribution in [2.24, 2.45) is 5.73 Å². The topological polar surface area (TPSA) is 77.0 Å². The lowest BCUT2D eigenvalue weighted by Crippen LogP contribution is -1.95. The number of hydrogen-bond donors (Lipinski definition) is 2. The number of nitrogens with one attached hydrogen (secondary N) is 1. The first-order valence-corrected chi connectivity index (χ1v) is 5.60. The quantitative estimate of drug-likeness (QED) is 0.911. The number of nitrogens with zero attached hydrogens (tertiary/aromatic N) is 2. The fraction of sp³-hybridized carbons (Fsp3) is 0.111. The highest BCUT2D eigenvalue weighted by atomic mass is 79.9. The standard InChI is InChI=1S/C9H8BrClN4O/c10-6-3-5(11)1-2-7(6)13-9-15-14-8(4-12)16-9/h1-3H,4,12H2,(H,13,15). The van der Waals surface area contributed by atoms with Crippen molar-refractivity contribution in [3.63, 3.8) is 0 Å². The summed E-state index contributed by atoms with van der Waals surface area (Å²) in [5.74, 6) is 0.382. The van der Waals surface area contributed by atoms with Crippen LogP contribution in [0.4, 0.5) is 11.7 Å². The lowest BCUT2D eigenvalue weighted by Gasteiger charge is -2.03. The van der Waals surface area contributed by atoms with Gasteiger partial charge in [-0.25, -0.2) is 0 Å². The summed E-state index contributed by atoms with van der Waals surface area (Å²) < 4.78 is 6.02. The number of nitrogens with two attached hydrogens (primary N) is 1. The van der Waals surface area contributed by atoms with Crippen molar-refractivity contribution in [3.8, 4) is 0 Å². The molecule has 0 radical (unpaired) electrons. The average molecular weight is 304 g/mol. The molecule has 0 unspecified atom stereocenters. The first kappa shape index (κ1) is 11.4. The van der Waals surface area contributed by atoms with E-state index in [2.05, 4.69) is 31.4 Å². The Balaban J connectivity index is 2.20. The van der Waals surface area contributed by atoms with Crippen LogP contribution < -0.4 is 11.1 Å². The van der Waals surface area contributed by atoms with E-state index in [0.717, 1.165) is 10.2 Å². The summed E-state index contributed by atoms with van der Waals surface area (Å²) >= 11 is 9.19. The highest BCUT2D eigenvalue weighted by Crippen LogP contribution is 2.28. The summed E-state index contributed by atoms with van der Waals surface area (Å²) in [6, 6.07) is 5.63. The molecule has 2 rings (SSSR count). The van der Waals surface area contributed by atoms with E-state index in [1.54, 1.807) is 18.2 Å². The molecule has 3 N–H and O–H groups in total. The lowest BCUT2D eigenvalue weighted by molar-refractivity contribution is 0.511. The van der Waals surface area contributed by atoms with E-state index in [-0.39, 0.29) is 6.54 Å². The van der Waals surface area contributed by atoms with Crippen LogP contribution in [0.2, 0.25) is 5.02 Å². The Hall–Kier alpha value is -1.11. The van der Waals surface area contributed by atoms with Gasteiger partial charge in [0, 0.05) is 9.50 Å². The Bertz CT molecular complexity index is 502.